The Balaban J connectivity index is 1.68. The van der Waals surface area contributed by atoms with Crippen LogP contribution in [0, 0.1) is 0 Å². The van der Waals surface area contributed by atoms with E-state index in [4.69, 9.17) is 9.88 Å². The van der Waals surface area contributed by atoms with Crippen molar-refractivity contribution in [2.45, 2.75) is 17.4 Å². The number of nitrogens with one attached hydrogen (secondary N) is 1. The quantitative estimate of drug-likeness (QED) is 0.890. The lowest BCUT2D eigenvalue weighted by atomic mass is 10.1. The minimum absolute atomic E-state index is 0.00461. The van der Waals surface area contributed by atoms with Gasteiger partial charge < -0.3 is 10.1 Å². The van der Waals surface area contributed by atoms with Crippen molar-refractivity contribution in [1.82, 2.24) is 0 Å². The number of hydrogen-bond donors (Lipinski definition) is 2. The highest BCUT2D eigenvalue weighted by Gasteiger charge is 2.28. The number of para-hydroxylation sites is 1. The molecule has 0 aliphatic carbocycles. The second kappa shape index (κ2) is 5.43. The highest BCUT2D eigenvalue weighted by Crippen LogP contribution is 2.28. The molecule has 0 saturated heterocycles. The molecule has 0 radical (unpaired) electrons. The fourth-order valence-electron chi connectivity index (χ4n) is 2.28. The fraction of sp³-hybridized carbons (Fsp3) is 0.133. The molecule has 7 heteroatoms. The summed E-state index contributed by atoms with van der Waals surface area (Å²) in [4.78, 5) is 12.2. The maximum atomic E-state index is 12.2. The third kappa shape index (κ3) is 2.95. The van der Waals surface area contributed by atoms with Gasteiger partial charge in [0.1, 0.15) is 5.75 Å². The van der Waals surface area contributed by atoms with Crippen LogP contribution in [-0.4, -0.2) is 20.4 Å². The number of carbonyl (C=O) groups excluding carboxylic acids is 1. The zero-order chi connectivity index (χ0) is 15.7. The van der Waals surface area contributed by atoms with Gasteiger partial charge in [-0.1, -0.05) is 18.2 Å². The monoisotopic (exact) mass is 318 g/mol. The summed E-state index contributed by atoms with van der Waals surface area (Å²) in [7, 11) is -3.74. The van der Waals surface area contributed by atoms with E-state index in [2.05, 4.69) is 5.32 Å². The van der Waals surface area contributed by atoms with Crippen LogP contribution in [0.2, 0.25) is 0 Å². The van der Waals surface area contributed by atoms with E-state index in [-0.39, 0.29) is 10.8 Å². The summed E-state index contributed by atoms with van der Waals surface area (Å²) in [6.45, 7) is 0. The van der Waals surface area contributed by atoms with E-state index in [1.165, 1.54) is 24.3 Å². The molecular formula is C15H14N2O4S. The van der Waals surface area contributed by atoms with Gasteiger partial charge in [-0.05, 0) is 35.9 Å². The first-order chi connectivity index (χ1) is 10.4. The van der Waals surface area contributed by atoms with Crippen molar-refractivity contribution in [2.75, 3.05) is 5.32 Å². The summed E-state index contributed by atoms with van der Waals surface area (Å²) < 4.78 is 27.9. The van der Waals surface area contributed by atoms with Crippen LogP contribution >= 0.6 is 0 Å². The van der Waals surface area contributed by atoms with Crippen molar-refractivity contribution >= 4 is 21.6 Å². The van der Waals surface area contributed by atoms with Crippen LogP contribution in [0.5, 0.6) is 5.75 Å². The lowest BCUT2D eigenvalue weighted by molar-refractivity contribution is -0.122. The minimum atomic E-state index is -3.74. The Kier molecular flexibility index (Phi) is 3.59. The Hall–Kier alpha value is -2.38. The Bertz CT molecular complexity index is 791. The van der Waals surface area contributed by atoms with Gasteiger partial charge in [-0.3, -0.25) is 4.79 Å². The number of sulfonamides is 1. The van der Waals surface area contributed by atoms with Gasteiger partial charge in [0.25, 0.3) is 5.91 Å². The second-order valence-corrected chi connectivity index (χ2v) is 6.54. The van der Waals surface area contributed by atoms with Gasteiger partial charge >= 0.3 is 0 Å². The number of nitrogens with two attached hydrogens (primary N) is 1. The largest absolute Gasteiger partial charge is 0.480 e. The van der Waals surface area contributed by atoms with E-state index in [0.29, 0.717) is 17.9 Å². The number of primary sulfonamides is 1. The first-order valence-corrected chi connectivity index (χ1v) is 8.16. The molecule has 2 aromatic carbocycles. The molecule has 1 atom stereocenters. The summed E-state index contributed by atoms with van der Waals surface area (Å²) in [5.74, 6) is 0.437. The second-order valence-electron chi connectivity index (χ2n) is 4.98. The molecule has 1 unspecified atom stereocenters. The van der Waals surface area contributed by atoms with E-state index < -0.39 is 16.1 Å². The smallest absolute Gasteiger partial charge is 0.265 e. The van der Waals surface area contributed by atoms with E-state index in [1.54, 1.807) is 0 Å². The van der Waals surface area contributed by atoms with Gasteiger partial charge in [-0.25, -0.2) is 13.6 Å². The Labute approximate surface area is 128 Å². The van der Waals surface area contributed by atoms with Crippen molar-refractivity contribution in [3.63, 3.8) is 0 Å². The van der Waals surface area contributed by atoms with Crippen LogP contribution in [0.3, 0.4) is 0 Å². The molecule has 1 heterocycles. The molecule has 0 spiro atoms. The van der Waals surface area contributed by atoms with Crippen molar-refractivity contribution in [1.29, 1.82) is 0 Å². The van der Waals surface area contributed by atoms with Crippen LogP contribution in [0.25, 0.3) is 0 Å². The molecule has 0 saturated carbocycles. The molecule has 0 fully saturated rings. The number of amides is 1. The van der Waals surface area contributed by atoms with Crippen molar-refractivity contribution in [2.24, 2.45) is 5.14 Å². The van der Waals surface area contributed by atoms with Crippen molar-refractivity contribution in [3.8, 4) is 5.75 Å². The molecule has 1 aliphatic heterocycles. The summed E-state index contributed by atoms with van der Waals surface area (Å²) in [5, 5.41) is 7.72. The van der Waals surface area contributed by atoms with E-state index >= 15 is 0 Å². The van der Waals surface area contributed by atoms with E-state index in [1.807, 2.05) is 24.3 Å². The van der Waals surface area contributed by atoms with Crippen LogP contribution in [0.15, 0.2) is 53.4 Å². The zero-order valence-electron chi connectivity index (χ0n) is 11.5. The molecule has 3 N–H and O–H groups in total. The van der Waals surface area contributed by atoms with E-state index in [9.17, 15) is 13.2 Å². The number of ether oxygens (including phenoxy) is 1. The number of benzene rings is 2. The molecule has 22 heavy (non-hydrogen) atoms. The molecule has 3 rings (SSSR count). The maximum Gasteiger partial charge on any atom is 0.265 e. The molecule has 1 amide bonds. The average Bonchev–Trinajstić information content (AvgIpc) is 2.91. The zero-order valence-corrected chi connectivity index (χ0v) is 12.3. The normalized spacial score (nSPS) is 16.7. The fourth-order valence-corrected chi connectivity index (χ4v) is 2.79. The molecule has 1 aliphatic rings. The Morgan fingerprint density at radius 3 is 2.45 bits per heavy atom. The Morgan fingerprint density at radius 1 is 1.14 bits per heavy atom. The molecular weight excluding hydrogens is 304 g/mol. The maximum absolute atomic E-state index is 12.2. The van der Waals surface area contributed by atoms with Gasteiger partial charge in [-0.15, -0.1) is 0 Å². The third-order valence-electron chi connectivity index (χ3n) is 3.39. The highest BCUT2D eigenvalue weighted by molar-refractivity contribution is 7.89. The number of fused-ring (bicyclic) bond motifs is 1. The van der Waals surface area contributed by atoms with Crippen LogP contribution < -0.4 is 15.2 Å². The molecule has 0 aromatic heterocycles. The van der Waals surface area contributed by atoms with Crippen molar-refractivity contribution < 1.29 is 17.9 Å². The predicted molar refractivity (Wildman–Crippen MR) is 81.0 cm³/mol. The first kappa shape index (κ1) is 14.6. The van der Waals surface area contributed by atoms with E-state index in [0.717, 1.165) is 5.56 Å². The summed E-state index contributed by atoms with van der Waals surface area (Å²) in [5.41, 5.74) is 1.48. The molecule has 0 bridgehead atoms. The lowest BCUT2D eigenvalue weighted by Crippen LogP contribution is -2.31. The van der Waals surface area contributed by atoms with Gasteiger partial charge in [-0.2, -0.15) is 0 Å². The van der Waals surface area contributed by atoms with Crippen LogP contribution in [0.1, 0.15) is 5.56 Å². The van der Waals surface area contributed by atoms with Crippen molar-refractivity contribution in [3.05, 3.63) is 54.1 Å². The SMILES string of the molecule is NS(=O)(=O)c1ccc(NC(=O)C2Cc3ccccc3O2)cc1. The Morgan fingerprint density at radius 2 is 1.82 bits per heavy atom. The van der Waals surface area contributed by atoms with Gasteiger partial charge in [0.05, 0.1) is 4.90 Å². The van der Waals surface area contributed by atoms with Gasteiger partial charge in [0.2, 0.25) is 10.0 Å². The van der Waals surface area contributed by atoms with Gasteiger partial charge in [0.15, 0.2) is 6.10 Å². The third-order valence-corrected chi connectivity index (χ3v) is 4.32. The minimum Gasteiger partial charge on any atom is -0.480 e. The summed E-state index contributed by atoms with van der Waals surface area (Å²) >= 11 is 0. The number of hydrogen-bond acceptors (Lipinski definition) is 4. The number of anilines is 1. The molecule has 114 valence electrons. The lowest BCUT2D eigenvalue weighted by Gasteiger charge is -2.11. The number of rotatable bonds is 3. The summed E-state index contributed by atoms with van der Waals surface area (Å²) in [6, 6.07) is 13.1. The van der Waals surface area contributed by atoms with Crippen LogP contribution in [0.4, 0.5) is 5.69 Å². The standard InChI is InChI=1S/C15H14N2O4S/c16-22(19,20)12-7-5-11(6-8-12)17-15(18)14-9-10-3-1-2-4-13(10)21-14/h1-8,14H,9H2,(H,17,18)(H2,16,19,20). The highest BCUT2D eigenvalue weighted by atomic mass is 32.2. The topological polar surface area (TPSA) is 98.5 Å². The number of carbonyl (C=O) groups is 1. The van der Waals surface area contributed by atoms with Gasteiger partial charge in [0, 0.05) is 12.1 Å². The first-order valence-electron chi connectivity index (χ1n) is 6.62. The predicted octanol–water partition coefficient (Wildman–Crippen LogP) is 1.28. The molecule has 6 nitrogen and oxygen atoms in total. The van der Waals surface area contributed by atoms with Crippen LogP contribution in [-0.2, 0) is 21.2 Å². The summed E-state index contributed by atoms with van der Waals surface area (Å²) in [6.07, 6.45) is -0.0765. The average molecular weight is 318 g/mol. The molecule has 2 aromatic rings.